The number of amides is 1. The van der Waals surface area contributed by atoms with E-state index in [0.717, 1.165) is 5.56 Å². The van der Waals surface area contributed by atoms with Crippen molar-refractivity contribution in [1.29, 1.82) is 0 Å². The molecular weight excluding hydrogens is 420 g/mol. The van der Waals surface area contributed by atoms with E-state index in [1.54, 1.807) is 18.2 Å². The molecule has 2 aromatic rings. The van der Waals surface area contributed by atoms with Crippen molar-refractivity contribution in [1.82, 2.24) is 4.90 Å². The van der Waals surface area contributed by atoms with Crippen molar-refractivity contribution < 1.29 is 22.9 Å². The lowest BCUT2D eigenvalue weighted by Crippen LogP contribution is -2.43. The Labute approximate surface area is 173 Å². The van der Waals surface area contributed by atoms with Crippen molar-refractivity contribution in [2.45, 2.75) is 19.0 Å². The molecule has 8 nitrogen and oxygen atoms in total. The van der Waals surface area contributed by atoms with Crippen LogP contribution in [0, 0.1) is 10.1 Å². The fraction of sp³-hybridized carbons (Fsp3) is 0.316. The van der Waals surface area contributed by atoms with Gasteiger partial charge in [0.2, 0.25) is 0 Å². The molecule has 0 spiro atoms. The molecule has 2 aromatic carbocycles. The number of non-ortho nitro benzene ring substituents is 1. The zero-order valence-corrected chi connectivity index (χ0v) is 16.9. The lowest BCUT2D eigenvalue weighted by atomic mass is 10.1. The largest absolute Gasteiger partial charge is 0.484 e. The molecule has 3 rings (SSSR count). The minimum absolute atomic E-state index is 0.0419. The van der Waals surface area contributed by atoms with Gasteiger partial charge in [0.05, 0.1) is 16.4 Å². The summed E-state index contributed by atoms with van der Waals surface area (Å²) in [5, 5.41) is 11.2. The number of hydrogen-bond donors (Lipinski definition) is 0. The Kier molecular flexibility index (Phi) is 6.39. The number of nitro groups is 1. The molecule has 1 atom stereocenters. The van der Waals surface area contributed by atoms with Crippen LogP contribution in [0.2, 0.25) is 5.02 Å². The predicted octanol–water partition coefficient (Wildman–Crippen LogP) is 2.84. The Hall–Kier alpha value is -2.65. The van der Waals surface area contributed by atoms with Crippen LogP contribution >= 0.6 is 11.6 Å². The summed E-state index contributed by atoms with van der Waals surface area (Å²) >= 11 is 6.02. The molecule has 1 amide bonds. The topological polar surface area (TPSA) is 107 Å². The summed E-state index contributed by atoms with van der Waals surface area (Å²) in [6.07, 6.45) is 0.367. The molecular formula is C19H19ClN2O6S. The molecule has 1 aliphatic rings. The molecule has 154 valence electrons. The summed E-state index contributed by atoms with van der Waals surface area (Å²) < 4.78 is 29.3. The maximum Gasteiger partial charge on any atom is 0.269 e. The highest BCUT2D eigenvalue weighted by molar-refractivity contribution is 7.91. The Balaban J connectivity index is 1.72. The molecule has 10 heteroatoms. The first kappa shape index (κ1) is 21.1. The standard InChI is InChI=1S/C19H19ClN2O6S/c20-15-3-1-2-14(10-15)11-21(17-8-9-29(26,27)13-17)19(23)12-28-18-6-4-16(5-7-18)22(24)25/h1-7,10,17H,8-9,11-13H2/t17-/m0/s1. The van der Waals surface area contributed by atoms with Crippen molar-refractivity contribution in [3.05, 3.63) is 69.2 Å². The highest BCUT2D eigenvalue weighted by Crippen LogP contribution is 2.22. The van der Waals surface area contributed by atoms with Gasteiger partial charge in [-0.3, -0.25) is 14.9 Å². The molecule has 1 heterocycles. The smallest absolute Gasteiger partial charge is 0.269 e. The lowest BCUT2D eigenvalue weighted by Gasteiger charge is -2.28. The number of hydrogen-bond acceptors (Lipinski definition) is 6. The zero-order chi connectivity index (χ0) is 21.0. The fourth-order valence-corrected chi connectivity index (χ4v) is 5.11. The molecule has 0 saturated carbocycles. The van der Waals surface area contributed by atoms with Crippen LogP contribution < -0.4 is 4.74 Å². The van der Waals surface area contributed by atoms with Gasteiger partial charge in [0.25, 0.3) is 11.6 Å². The predicted molar refractivity (Wildman–Crippen MR) is 108 cm³/mol. The number of benzene rings is 2. The molecule has 1 aliphatic heterocycles. The van der Waals surface area contributed by atoms with E-state index in [1.165, 1.54) is 29.2 Å². The monoisotopic (exact) mass is 438 g/mol. The average molecular weight is 439 g/mol. The summed E-state index contributed by atoms with van der Waals surface area (Å²) in [4.78, 5) is 24.5. The van der Waals surface area contributed by atoms with Crippen molar-refractivity contribution in [3.8, 4) is 5.75 Å². The van der Waals surface area contributed by atoms with Crippen molar-refractivity contribution in [3.63, 3.8) is 0 Å². The minimum Gasteiger partial charge on any atom is -0.484 e. The summed E-state index contributed by atoms with van der Waals surface area (Å²) in [5.74, 6) is -0.104. The summed E-state index contributed by atoms with van der Waals surface area (Å²) in [6, 6.07) is 12.0. The summed E-state index contributed by atoms with van der Waals surface area (Å²) in [6.45, 7) is -0.0991. The van der Waals surface area contributed by atoms with Gasteiger partial charge in [-0.15, -0.1) is 0 Å². The van der Waals surface area contributed by atoms with Crippen LogP contribution in [0.15, 0.2) is 48.5 Å². The summed E-state index contributed by atoms with van der Waals surface area (Å²) in [7, 11) is -3.18. The Morgan fingerprint density at radius 1 is 1.24 bits per heavy atom. The van der Waals surface area contributed by atoms with E-state index in [-0.39, 0.29) is 36.3 Å². The molecule has 0 radical (unpaired) electrons. The van der Waals surface area contributed by atoms with Crippen LogP contribution in [0.4, 0.5) is 5.69 Å². The van der Waals surface area contributed by atoms with Gasteiger partial charge < -0.3 is 9.64 Å². The van der Waals surface area contributed by atoms with Gasteiger partial charge in [-0.05, 0) is 36.2 Å². The highest BCUT2D eigenvalue weighted by atomic mass is 35.5. The number of carbonyl (C=O) groups is 1. The van der Waals surface area contributed by atoms with Crippen LogP contribution in [0.1, 0.15) is 12.0 Å². The van der Waals surface area contributed by atoms with Gasteiger partial charge in [0.1, 0.15) is 5.75 Å². The molecule has 0 N–H and O–H groups in total. The second kappa shape index (κ2) is 8.79. The zero-order valence-electron chi connectivity index (χ0n) is 15.4. The van der Waals surface area contributed by atoms with Gasteiger partial charge in [0.15, 0.2) is 16.4 Å². The number of halogens is 1. The Morgan fingerprint density at radius 3 is 2.55 bits per heavy atom. The van der Waals surface area contributed by atoms with Gasteiger partial charge in [-0.1, -0.05) is 23.7 Å². The van der Waals surface area contributed by atoms with Gasteiger partial charge >= 0.3 is 0 Å². The average Bonchev–Trinajstić information content (AvgIpc) is 3.04. The number of sulfone groups is 1. The molecule has 0 bridgehead atoms. The van der Waals surface area contributed by atoms with Crippen LogP contribution in [0.5, 0.6) is 5.75 Å². The van der Waals surface area contributed by atoms with E-state index in [0.29, 0.717) is 17.2 Å². The molecule has 0 aromatic heterocycles. The molecule has 29 heavy (non-hydrogen) atoms. The third-order valence-corrected chi connectivity index (χ3v) is 6.61. The molecule has 1 fully saturated rings. The molecule has 1 saturated heterocycles. The number of rotatable bonds is 7. The van der Waals surface area contributed by atoms with Crippen LogP contribution in [-0.2, 0) is 21.2 Å². The minimum atomic E-state index is -3.18. The van der Waals surface area contributed by atoms with E-state index < -0.39 is 20.8 Å². The highest BCUT2D eigenvalue weighted by Gasteiger charge is 2.34. The van der Waals surface area contributed by atoms with E-state index >= 15 is 0 Å². The maximum absolute atomic E-state index is 12.8. The number of carbonyl (C=O) groups excluding carboxylic acids is 1. The van der Waals surface area contributed by atoms with Crippen LogP contribution in [0.3, 0.4) is 0 Å². The van der Waals surface area contributed by atoms with Crippen LogP contribution in [0.25, 0.3) is 0 Å². The van der Waals surface area contributed by atoms with Gasteiger partial charge in [0, 0.05) is 29.7 Å². The first-order chi connectivity index (χ1) is 13.7. The van der Waals surface area contributed by atoms with Crippen molar-refractivity contribution >= 4 is 33.0 Å². The van der Waals surface area contributed by atoms with Gasteiger partial charge in [-0.25, -0.2) is 8.42 Å². The maximum atomic E-state index is 12.8. The van der Waals surface area contributed by atoms with Crippen LogP contribution in [-0.4, -0.2) is 48.3 Å². The quantitative estimate of drug-likeness (QED) is 0.486. The second-order valence-corrected chi connectivity index (χ2v) is 9.41. The van der Waals surface area contributed by atoms with E-state index in [4.69, 9.17) is 16.3 Å². The third kappa shape index (κ3) is 5.68. The van der Waals surface area contributed by atoms with E-state index in [9.17, 15) is 23.3 Å². The number of nitro benzene ring substituents is 1. The first-order valence-corrected chi connectivity index (χ1v) is 11.0. The number of nitrogens with zero attached hydrogens (tertiary/aromatic N) is 2. The lowest BCUT2D eigenvalue weighted by molar-refractivity contribution is -0.384. The fourth-order valence-electron chi connectivity index (χ4n) is 3.17. The second-order valence-electron chi connectivity index (χ2n) is 6.75. The van der Waals surface area contributed by atoms with Crippen molar-refractivity contribution in [2.75, 3.05) is 18.1 Å². The SMILES string of the molecule is O=C(COc1ccc([N+](=O)[O-])cc1)N(Cc1cccc(Cl)c1)[C@H]1CCS(=O)(=O)C1. The van der Waals surface area contributed by atoms with E-state index in [1.807, 2.05) is 6.07 Å². The number of ether oxygens (including phenoxy) is 1. The Bertz CT molecular complexity index is 1010. The van der Waals surface area contributed by atoms with E-state index in [2.05, 4.69) is 0 Å². The Morgan fingerprint density at radius 2 is 1.97 bits per heavy atom. The molecule has 0 aliphatic carbocycles. The third-order valence-electron chi connectivity index (χ3n) is 4.62. The normalized spacial score (nSPS) is 17.6. The first-order valence-electron chi connectivity index (χ1n) is 8.85. The molecule has 0 unspecified atom stereocenters. The van der Waals surface area contributed by atoms with Gasteiger partial charge in [-0.2, -0.15) is 0 Å². The summed E-state index contributed by atoms with van der Waals surface area (Å²) in [5.41, 5.74) is 0.702. The van der Waals surface area contributed by atoms with Crippen molar-refractivity contribution in [2.24, 2.45) is 0 Å².